The van der Waals surface area contributed by atoms with E-state index in [0.29, 0.717) is 17.2 Å². The van der Waals surface area contributed by atoms with Crippen LogP contribution in [0.5, 0.6) is 0 Å². The van der Waals surface area contributed by atoms with Crippen LogP contribution in [0.1, 0.15) is 47.5 Å². The molecule has 7 heteroatoms. The van der Waals surface area contributed by atoms with Crippen LogP contribution in [0.2, 0.25) is 0 Å². The fourth-order valence-electron chi connectivity index (χ4n) is 3.52. The summed E-state index contributed by atoms with van der Waals surface area (Å²) in [5.41, 5.74) is 1.67. The molecular weight excluding hydrogens is 338 g/mol. The van der Waals surface area contributed by atoms with Crippen molar-refractivity contribution in [1.82, 2.24) is 10.2 Å². The first kappa shape index (κ1) is 18.4. The predicted octanol–water partition coefficient (Wildman–Crippen LogP) is 2.04. The summed E-state index contributed by atoms with van der Waals surface area (Å²) in [5.74, 6) is -0.363. The van der Waals surface area contributed by atoms with Gasteiger partial charge in [0.1, 0.15) is 5.00 Å². The first-order valence-electron chi connectivity index (χ1n) is 9.19. The molecule has 0 aromatic carbocycles. The van der Waals surface area contributed by atoms with Crippen LogP contribution in [0, 0.1) is 0 Å². The summed E-state index contributed by atoms with van der Waals surface area (Å²) >= 11 is 1.54. The third-order valence-corrected chi connectivity index (χ3v) is 6.17. The number of esters is 1. The van der Waals surface area contributed by atoms with E-state index < -0.39 is 0 Å². The molecule has 3 rings (SSSR count). The highest BCUT2D eigenvalue weighted by atomic mass is 32.1. The van der Waals surface area contributed by atoms with Gasteiger partial charge < -0.3 is 15.4 Å². The van der Waals surface area contributed by atoms with Gasteiger partial charge in [-0.3, -0.25) is 9.69 Å². The molecular formula is C18H27N3O3S. The second kappa shape index (κ2) is 8.29. The van der Waals surface area contributed by atoms with Gasteiger partial charge in [-0.25, -0.2) is 4.79 Å². The Kier molecular flexibility index (Phi) is 6.09. The highest BCUT2D eigenvalue weighted by molar-refractivity contribution is 7.17. The average Bonchev–Trinajstić information content (AvgIpc) is 2.99. The van der Waals surface area contributed by atoms with E-state index in [1.165, 1.54) is 4.88 Å². The van der Waals surface area contributed by atoms with Crippen LogP contribution in [-0.2, 0) is 22.4 Å². The molecule has 1 fully saturated rings. The number of hydrogen-bond donors (Lipinski definition) is 2. The van der Waals surface area contributed by atoms with E-state index in [4.69, 9.17) is 4.74 Å². The van der Waals surface area contributed by atoms with Gasteiger partial charge in [0.25, 0.3) is 0 Å². The number of ether oxygens (including phenoxy) is 1. The van der Waals surface area contributed by atoms with Crippen molar-refractivity contribution in [3.8, 4) is 0 Å². The molecule has 25 heavy (non-hydrogen) atoms. The smallest absolute Gasteiger partial charge is 0.341 e. The van der Waals surface area contributed by atoms with Gasteiger partial charge in [0.15, 0.2) is 0 Å². The number of aryl methyl sites for hydroxylation is 1. The fourth-order valence-corrected chi connectivity index (χ4v) is 4.81. The third kappa shape index (κ3) is 4.04. The summed E-state index contributed by atoms with van der Waals surface area (Å²) in [6, 6.07) is -0.212. The van der Waals surface area contributed by atoms with Gasteiger partial charge in [0, 0.05) is 31.1 Å². The topological polar surface area (TPSA) is 70.7 Å². The number of nitrogens with zero attached hydrogens (tertiary/aromatic N) is 1. The second-order valence-corrected chi connectivity index (χ2v) is 7.69. The van der Waals surface area contributed by atoms with Crippen molar-refractivity contribution < 1.29 is 14.3 Å². The number of anilines is 1. The maximum atomic E-state index is 12.7. The van der Waals surface area contributed by atoms with Gasteiger partial charge in [-0.05, 0) is 45.1 Å². The summed E-state index contributed by atoms with van der Waals surface area (Å²) in [5, 5.41) is 6.98. The fraction of sp³-hybridized carbons (Fsp3) is 0.667. The van der Waals surface area contributed by atoms with E-state index in [2.05, 4.69) is 15.5 Å². The van der Waals surface area contributed by atoms with Crippen LogP contribution in [0.15, 0.2) is 0 Å². The molecule has 2 heterocycles. The van der Waals surface area contributed by atoms with E-state index in [-0.39, 0.29) is 17.9 Å². The molecule has 1 saturated heterocycles. The van der Waals surface area contributed by atoms with Crippen molar-refractivity contribution in [2.75, 3.05) is 38.1 Å². The maximum absolute atomic E-state index is 12.7. The van der Waals surface area contributed by atoms with Crippen molar-refractivity contribution in [3.05, 3.63) is 16.0 Å². The number of fused-ring (bicyclic) bond motifs is 1. The van der Waals surface area contributed by atoms with E-state index in [1.807, 2.05) is 6.92 Å². The first-order valence-corrected chi connectivity index (χ1v) is 10.0. The van der Waals surface area contributed by atoms with Crippen molar-refractivity contribution in [2.24, 2.45) is 0 Å². The molecule has 1 aromatic rings. The zero-order valence-electron chi connectivity index (χ0n) is 15.0. The molecule has 0 spiro atoms. The van der Waals surface area contributed by atoms with Crippen LogP contribution in [-0.4, -0.2) is 55.6 Å². The van der Waals surface area contributed by atoms with Gasteiger partial charge in [0.2, 0.25) is 5.91 Å². The highest BCUT2D eigenvalue weighted by Crippen LogP contribution is 2.38. The minimum Gasteiger partial charge on any atom is -0.462 e. The number of carbonyl (C=O) groups excluding carboxylic acids is 2. The predicted molar refractivity (Wildman–Crippen MR) is 99.5 cm³/mol. The molecule has 1 amide bonds. The van der Waals surface area contributed by atoms with Gasteiger partial charge in [-0.1, -0.05) is 0 Å². The minimum absolute atomic E-state index is 0.0500. The number of thiophene rings is 1. The lowest BCUT2D eigenvalue weighted by Gasteiger charge is -2.31. The Bertz CT molecular complexity index is 638. The van der Waals surface area contributed by atoms with Crippen LogP contribution in [0.25, 0.3) is 0 Å². The Morgan fingerprint density at radius 1 is 1.28 bits per heavy atom. The van der Waals surface area contributed by atoms with Crippen LogP contribution >= 0.6 is 11.3 Å². The Hall–Kier alpha value is -1.44. The van der Waals surface area contributed by atoms with E-state index in [9.17, 15) is 9.59 Å². The van der Waals surface area contributed by atoms with E-state index in [0.717, 1.165) is 57.4 Å². The molecule has 1 aromatic heterocycles. The lowest BCUT2D eigenvalue weighted by atomic mass is 9.95. The molecule has 2 aliphatic rings. The van der Waals surface area contributed by atoms with Gasteiger partial charge in [-0.2, -0.15) is 0 Å². The zero-order valence-corrected chi connectivity index (χ0v) is 15.8. The number of rotatable bonds is 5. The number of piperazine rings is 1. The number of amides is 1. The van der Waals surface area contributed by atoms with Crippen molar-refractivity contribution in [1.29, 1.82) is 0 Å². The SMILES string of the molecule is CCOC(=O)c1c(NC(=O)C(C)N2CCNCC2)sc2c1CCCC2. The largest absolute Gasteiger partial charge is 0.462 e. The molecule has 0 radical (unpaired) electrons. The van der Waals surface area contributed by atoms with Crippen molar-refractivity contribution >= 4 is 28.2 Å². The van der Waals surface area contributed by atoms with Gasteiger partial charge in [-0.15, -0.1) is 11.3 Å². The van der Waals surface area contributed by atoms with Crippen molar-refractivity contribution in [2.45, 2.75) is 45.6 Å². The quantitative estimate of drug-likeness (QED) is 0.782. The van der Waals surface area contributed by atoms with Crippen LogP contribution in [0.3, 0.4) is 0 Å². The Labute approximate surface area is 152 Å². The van der Waals surface area contributed by atoms with Crippen LogP contribution in [0.4, 0.5) is 5.00 Å². The highest BCUT2D eigenvalue weighted by Gasteiger charge is 2.29. The zero-order chi connectivity index (χ0) is 17.8. The van der Waals surface area contributed by atoms with E-state index >= 15 is 0 Å². The summed E-state index contributed by atoms with van der Waals surface area (Å²) in [7, 11) is 0. The molecule has 138 valence electrons. The number of hydrogen-bond acceptors (Lipinski definition) is 6. The lowest BCUT2D eigenvalue weighted by Crippen LogP contribution is -2.51. The van der Waals surface area contributed by atoms with Gasteiger partial charge >= 0.3 is 5.97 Å². The summed E-state index contributed by atoms with van der Waals surface area (Å²) in [4.78, 5) is 28.6. The molecule has 1 atom stereocenters. The second-order valence-electron chi connectivity index (χ2n) is 6.59. The molecule has 0 bridgehead atoms. The molecule has 0 saturated carbocycles. The number of nitrogens with one attached hydrogen (secondary N) is 2. The minimum atomic E-state index is -0.313. The summed E-state index contributed by atoms with van der Waals surface area (Å²) < 4.78 is 5.25. The Morgan fingerprint density at radius 3 is 2.72 bits per heavy atom. The molecule has 1 aliphatic heterocycles. The third-order valence-electron chi connectivity index (χ3n) is 4.97. The van der Waals surface area contributed by atoms with Crippen molar-refractivity contribution in [3.63, 3.8) is 0 Å². The molecule has 2 N–H and O–H groups in total. The summed E-state index contributed by atoms with van der Waals surface area (Å²) in [6.07, 6.45) is 4.10. The molecule has 6 nitrogen and oxygen atoms in total. The Balaban J connectivity index is 1.79. The first-order chi connectivity index (χ1) is 12.1. The average molecular weight is 365 g/mol. The standard InChI is InChI=1S/C18H27N3O3S/c1-3-24-18(23)15-13-6-4-5-7-14(13)25-17(15)20-16(22)12(2)21-10-8-19-9-11-21/h12,19H,3-11H2,1-2H3,(H,20,22). The monoisotopic (exact) mass is 365 g/mol. The lowest BCUT2D eigenvalue weighted by molar-refractivity contribution is -0.120. The van der Waals surface area contributed by atoms with E-state index in [1.54, 1.807) is 18.3 Å². The molecule has 1 unspecified atom stereocenters. The van der Waals surface area contributed by atoms with Crippen LogP contribution < -0.4 is 10.6 Å². The summed E-state index contributed by atoms with van der Waals surface area (Å²) in [6.45, 7) is 7.60. The maximum Gasteiger partial charge on any atom is 0.341 e. The Morgan fingerprint density at radius 2 is 2.00 bits per heavy atom. The molecule has 1 aliphatic carbocycles. The van der Waals surface area contributed by atoms with Gasteiger partial charge in [0.05, 0.1) is 18.2 Å². The normalized spacial score (nSPS) is 19.1. The number of carbonyl (C=O) groups is 2.